The Morgan fingerprint density at radius 1 is 1.40 bits per heavy atom. The zero-order valence-corrected chi connectivity index (χ0v) is 13.5. The fourth-order valence-corrected chi connectivity index (χ4v) is 2.25. The number of rotatable bonds is 5. The van der Waals surface area contributed by atoms with Crippen LogP contribution in [0.5, 0.6) is 11.6 Å². The van der Waals surface area contributed by atoms with Crippen LogP contribution >= 0.6 is 27.5 Å². The molecule has 1 aromatic carbocycles. The van der Waals surface area contributed by atoms with Crippen molar-refractivity contribution in [3.8, 4) is 11.6 Å². The summed E-state index contributed by atoms with van der Waals surface area (Å²) in [6, 6.07) is 9.42. The number of aromatic nitrogens is 1. The second-order valence-electron chi connectivity index (χ2n) is 4.52. The van der Waals surface area contributed by atoms with Crippen LogP contribution in [-0.2, 0) is 6.42 Å². The Bertz CT molecular complexity index is 592. The van der Waals surface area contributed by atoms with Crippen molar-refractivity contribution < 1.29 is 4.74 Å². The molecule has 0 bridgehead atoms. The molecular weight excluding hydrogens is 340 g/mol. The fourth-order valence-electron chi connectivity index (χ4n) is 1.76. The maximum absolute atomic E-state index is 6.13. The maximum Gasteiger partial charge on any atom is 0.222 e. The predicted molar refractivity (Wildman–Crippen MR) is 85.4 cm³/mol. The second kappa shape index (κ2) is 7.07. The third-order valence-electron chi connectivity index (χ3n) is 2.96. The molecule has 2 N–H and O–H groups in total. The minimum Gasteiger partial charge on any atom is -0.437 e. The van der Waals surface area contributed by atoms with E-state index in [0.29, 0.717) is 16.7 Å². The molecule has 0 saturated heterocycles. The number of pyridine rings is 1. The summed E-state index contributed by atoms with van der Waals surface area (Å²) >= 11 is 9.53. The highest BCUT2D eigenvalue weighted by Gasteiger charge is 2.11. The molecule has 3 nitrogen and oxygen atoms in total. The van der Waals surface area contributed by atoms with E-state index in [1.807, 2.05) is 24.3 Å². The summed E-state index contributed by atoms with van der Waals surface area (Å²) in [4.78, 5) is 4.28. The van der Waals surface area contributed by atoms with Gasteiger partial charge in [0.05, 0.1) is 5.02 Å². The Morgan fingerprint density at radius 2 is 2.20 bits per heavy atom. The fraction of sp³-hybridized carbons (Fsp3) is 0.267. The Morgan fingerprint density at radius 3 is 2.95 bits per heavy atom. The van der Waals surface area contributed by atoms with Crippen molar-refractivity contribution in [1.82, 2.24) is 4.98 Å². The van der Waals surface area contributed by atoms with Crippen LogP contribution < -0.4 is 10.5 Å². The first-order valence-corrected chi connectivity index (χ1v) is 7.59. The lowest BCUT2D eigenvalue weighted by molar-refractivity contribution is 0.452. The summed E-state index contributed by atoms with van der Waals surface area (Å²) in [7, 11) is 0. The smallest absolute Gasteiger partial charge is 0.222 e. The van der Waals surface area contributed by atoms with Crippen LogP contribution in [0.25, 0.3) is 0 Å². The molecule has 0 radical (unpaired) electrons. The summed E-state index contributed by atoms with van der Waals surface area (Å²) in [6.45, 7) is 2.06. The SMILES string of the molecule is CCC(N)Cc1cccnc1Oc1cc(Br)ccc1Cl. The third-order valence-corrected chi connectivity index (χ3v) is 3.76. The average Bonchev–Trinajstić information content (AvgIpc) is 2.44. The summed E-state index contributed by atoms with van der Waals surface area (Å²) in [5.41, 5.74) is 6.99. The van der Waals surface area contributed by atoms with Gasteiger partial charge in [-0.2, -0.15) is 0 Å². The van der Waals surface area contributed by atoms with Crippen LogP contribution in [0.15, 0.2) is 41.0 Å². The molecule has 1 unspecified atom stereocenters. The lowest BCUT2D eigenvalue weighted by Crippen LogP contribution is -2.21. The van der Waals surface area contributed by atoms with E-state index in [1.54, 1.807) is 12.3 Å². The Balaban J connectivity index is 2.27. The van der Waals surface area contributed by atoms with Gasteiger partial charge in [0.25, 0.3) is 0 Å². The number of halogens is 2. The molecule has 1 heterocycles. The van der Waals surface area contributed by atoms with Crippen molar-refractivity contribution in [2.45, 2.75) is 25.8 Å². The number of hydrogen-bond acceptors (Lipinski definition) is 3. The molecule has 5 heteroatoms. The van der Waals surface area contributed by atoms with Crippen LogP contribution in [-0.4, -0.2) is 11.0 Å². The molecule has 0 aliphatic heterocycles. The number of nitrogens with zero attached hydrogens (tertiary/aromatic N) is 1. The molecule has 20 heavy (non-hydrogen) atoms. The molecule has 2 aromatic rings. The third kappa shape index (κ3) is 3.95. The molecule has 1 aromatic heterocycles. The second-order valence-corrected chi connectivity index (χ2v) is 5.84. The minimum absolute atomic E-state index is 0.0968. The van der Waals surface area contributed by atoms with Gasteiger partial charge in [0, 0.05) is 22.3 Å². The van der Waals surface area contributed by atoms with Crippen LogP contribution in [0.4, 0.5) is 0 Å². The molecular formula is C15H16BrClN2O. The van der Waals surface area contributed by atoms with E-state index in [2.05, 4.69) is 27.8 Å². The molecule has 1 atom stereocenters. The van der Waals surface area contributed by atoms with E-state index in [9.17, 15) is 0 Å². The average molecular weight is 356 g/mol. The lowest BCUT2D eigenvalue weighted by atomic mass is 10.1. The molecule has 0 amide bonds. The maximum atomic E-state index is 6.13. The Hall–Kier alpha value is -1.10. The largest absolute Gasteiger partial charge is 0.437 e. The molecule has 0 aliphatic rings. The van der Waals surface area contributed by atoms with E-state index in [4.69, 9.17) is 22.1 Å². The van der Waals surface area contributed by atoms with Crippen molar-refractivity contribution in [3.63, 3.8) is 0 Å². The first-order chi connectivity index (χ1) is 9.60. The molecule has 2 rings (SSSR count). The predicted octanol–water partition coefficient (Wildman–Crippen LogP) is 4.57. The number of hydrogen-bond donors (Lipinski definition) is 1. The standard InChI is InChI=1S/C15H16BrClN2O/c1-2-12(18)8-10-4-3-7-19-15(10)20-14-9-11(16)5-6-13(14)17/h3-7,9,12H,2,8,18H2,1H3. The van der Waals surface area contributed by atoms with Crippen LogP contribution in [0, 0.1) is 0 Å². The van der Waals surface area contributed by atoms with Gasteiger partial charge in [0.1, 0.15) is 5.75 Å². The van der Waals surface area contributed by atoms with Gasteiger partial charge in [0.15, 0.2) is 0 Å². The molecule has 0 fully saturated rings. The Labute approximate surface area is 132 Å². The normalized spacial score (nSPS) is 12.2. The highest BCUT2D eigenvalue weighted by molar-refractivity contribution is 9.10. The van der Waals surface area contributed by atoms with Crippen LogP contribution in [0.2, 0.25) is 5.02 Å². The van der Waals surface area contributed by atoms with Crippen molar-refractivity contribution >= 4 is 27.5 Å². The zero-order chi connectivity index (χ0) is 14.5. The van der Waals surface area contributed by atoms with E-state index < -0.39 is 0 Å². The molecule has 106 valence electrons. The number of ether oxygens (including phenoxy) is 1. The van der Waals surface area contributed by atoms with Gasteiger partial charge in [-0.1, -0.05) is 40.5 Å². The summed E-state index contributed by atoms with van der Waals surface area (Å²) in [5, 5.41) is 0.546. The highest BCUT2D eigenvalue weighted by Crippen LogP contribution is 2.32. The van der Waals surface area contributed by atoms with Gasteiger partial charge in [-0.05, 0) is 37.1 Å². The van der Waals surface area contributed by atoms with Crippen molar-refractivity contribution in [2.24, 2.45) is 5.73 Å². The number of nitrogens with two attached hydrogens (primary N) is 1. The van der Waals surface area contributed by atoms with Crippen molar-refractivity contribution in [2.75, 3.05) is 0 Å². The quantitative estimate of drug-likeness (QED) is 0.854. The van der Waals surface area contributed by atoms with Crippen molar-refractivity contribution in [3.05, 3.63) is 51.6 Å². The van der Waals surface area contributed by atoms with Crippen LogP contribution in [0.1, 0.15) is 18.9 Å². The summed E-state index contributed by atoms with van der Waals surface area (Å²) < 4.78 is 6.74. The van der Waals surface area contributed by atoms with Crippen LogP contribution in [0.3, 0.4) is 0 Å². The molecule has 0 aliphatic carbocycles. The summed E-state index contributed by atoms with van der Waals surface area (Å²) in [6.07, 6.45) is 3.33. The molecule has 0 saturated carbocycles. The van der Waals surface area contributed by atoms with E-state index in [0.717, 1.165) is 22.9 Å². The minimum atomic E-state index is 0.0968. The van der Waals surface area contributed by atoms with Gasteiger partial charge < -0.3 is 10.5 Å². The molecule has 0 spiro atoms. The van der Waals surface area contributed by atoms with Gasteiger partial charge in [0.2, 0.25) is 5.88 Å². The van der Waals surface area contributed by atoms with Gasteiger partial charge in [-0.3, -0.25) is 0 Å². The zero-order valence-electron chi connectivity index (χ0n) is 11.1. The monoisotopic (exact) mass is 354 g/mol. The van der Waals surface area contributed by atoms with E-state index >= 15 is 0 Å². The Kier molecular flexibility index (Phi) is 5.40. The van der Waals surface area contributed by atoms with E-state index in [1.165, 1.54) is 0 Å². The highest BCUT2D eigenvalue weighted by atomic mass is 79.9. The van der Waals surface area contributed by atoms with Gasteiger partial charge in [-0.15, -0.1) is 0 Å². The van der Waals surface area contributed by atoms with Crippen molar-refractivity contribution in [1.29, 1.82) is 0 Å². The first-order valence-electron chi connectivity index (χ1n) is 6.42. The topological polar surface area (TPSA) is 48.1 Å². The summed E-state index contributed by atoms with van der Waals surface area (Å²) in [5.74, 6) is 1.13. The number of benzene rings is 1. The lowest BCUT2D eigenvalue weighted by Gasteiger charge is -2.13. The van der Waals surface area contributed by atoms with E-state index in [-0.39, 0.29) is 6.04 Å². The first kappa shape index (κ1) is 15.3. The van der Waals surface area contributed by atoms with Gasteiger partial charge in [-0.25, -0.2) is 4.98 Å². The van der Waals surface area contributed by atoms with Gasteiger partial charge >= 0.3 is 0 Å².